The predicted molar refractivity (Wildman–Crippen MR) is 236 cm³/mol. The zero-order chi connectivity index (χ0) is 42.5. The molecular weight excluding hydrogens is 761 g/mol. The number of aromatic nitrogens is 2. The first-order chi connectivity index (χ1) is 29.3. The number of nitrogens with one attached hydrogen (secondary N) is 2. The third-order valence-corrected chi connectivity index (χ3v) is 11.3. The van der Waals surface area contributed by atoms with Crippen LogP contribution in [0.4, 0.5) is 21.0 Å². The van der Waals surface area contributed by atoms with Gasteiger partial charge in [0.05, 0.1) is 14.2 Å². The number of hydrogen-bond acceptors (Lipinski definition) is 12. The third kappa shape index (κ3) is 14.3. The molecule has 60 heavy (non-hydrogen) atoms. The highest BCUT2D eigenvalue weighted by Gasteiger charge is 2.27. The number of carbonyl (C=O) groups excluding carboxylic acids is 2. The maximum Gasteiger partial charge on any atom is 0.410 e. The lowest BCUT2D eigenvalue weighted by molar-refractivity contribution is 0.0847. The Labute approximate surface area is 356 Å². The van der Waals surface area contributed by atoms with Gasteiger partial charge in [0, 0.05) is 94.3 Å². The summed E-state index contributed by atoms with van der Waals surface area (Å²) in [5.41, 5.74) is 4.33. The topological polar surface area (TPSA) is 134 Å². The summed E-state index contributed by atoms with van der Waals surface area (Å²) in [4.78, 5) is 40.6. The van der Waals surface area contributed by atoms with Gasteiger partial charge in [-0.2, -0.15) is 0 Å². The van der Waals surface area contributed by atoms with Crippen LogP contribution in [0.15, 0.2) is 97.3 Å². The molecular formula is C46H64N8O6. The lowest BCUT2D eigenvalue weighted by atomic mass is 10.0. The molecule has 324 valence electrons. The van der Waals surface area contributed by atoms with Crippen LogP contribution in [0.5, 0.6) is 11.8 Å². The molecule has 0 atom stereocenters. The second kappa shape index (κ2) is 24.5. The van der Waals surface area contributed by atoms with E-state index in [9.17, 15) is 9.59 Å². The molecule has 2 aromatic heterocycles. The number of rotatable bonds is 11. The van der Waals surface area contributed by atoms with Crippen LogP contribution in [-0.2, 0) is 22.7 Å². The van der Waals surface area contributed by atoms with E-state index in [1.807, 2.05) is 106 Å². The SMILES string of the molecule is CN(C(=O)OCc1ccccc1)C1CCNCC1.CNC1CCN(c2ccnc(OC)c2)CC1.COc1cc(N2CCC(N(C)C(=O)OCc3ccccc3)CC2)ccn1. The smallest absolute Gasteiger partial charge is 0.410 e. The molecule has 7 rings (SSSR count). The minimum absolute atomic E-state index is 0.193. The van der Waals surface area contributed by atoms with Crippen molar-refractivity contribution in [1.29, 1.82) is 0 Å². The van der Waals surface area contributed by atoms with Gasteiger partial charge in [0.15, 0.2) is 0 Å². The number of amides is 2. The van der Waals surface area contributed by atoms with Gasteiger partial charge < -0.3 is 49.2 Å². The average Bonchev–Trinajstić information content (AvgIpc) is 3.33. The van der Waals surface area contributed by atoms with Crippen LogP contribution in [0.2, 0.25) is 0 Å². The molecule has 2 aromatic carbocycles. The summed E-state index contributed by atoms with van der Waals surface area (Å²) in [6.07, 6.45) is 9.26. The van der Waals surface area contributed by atoms with Crippen molar-refractivity contribution >= 4 is 23.6 Å². The number of piperidine rings is 3. The Morgan fingerprint density at radius 1 is 0.650 bits per heavy atom. The van der Waals surface area contributed by atoms with Crippen LogP contribution in [0.3, 0.4) is 0 Å². The number of hydrogen-bond donors (Lipinski definition) is 2. The monoisotopic (exact) mass is 824 g/mol. The molecule has 14 heteroatoms. The molecule has 14 nitrogen and oxygen atoms in total. The van der Waals surface area contributed by atoms with Crippen LogP contribution in [0.25, 0.3) is 0 Å². The third-order valence-electron chi connectivity index (χ3n) is 11.3. The van der Waals surface area contributed by atoms with Crippen molar-refractivity contribution in [2.45, 2.75) is 69.9 Å². The second-order valence-corrected chi connectivity index (χ2v) is 15.2. The van der Waals surface area contributed by atoms with Gasteiger partial charge in [-0.3, -0.25) is 0 Å². The first-order valence-corrected chi connectivity index (χ1v) is 21.0. The van der Waals surface area contributed by atoms with Gasteiger partial charge in [-0.25, -0.2) is 19.6 Å². The Morgan fingerprint density at radius 2 is 1.07 bits per heavy atom. The second-order valence-electron chi connectivity index (χ2n) is 15.2. The predicted octanol–water partition coefficient (Wildman–Crippen LogP) is 6.61. The first kappa shape index (κ1) is 45.5. The van der Waals surface area contributed by atoms with Gasteiger partial charge in [-0.1, -0.05) is 60.7 Å². The van der Waals surface area contributed by atoms with E-state index < -0.39 is 0 Å². The molecule has 5 heterocycles. The molecule has 0 saturated carbocycles. The van der Waals surface area contributed by atoms with Gasteiger partial charge in [0.1, 0.15) is 13.2 Å². The van der Waals surface area contributed by atoms with Crippen LogP contribution in [0, 0.1) is 0 Å². The highest BCUT2D eigenvalue weighted by atomic mass is 16.6. The Morgan fingerprint density at radius 3 is 1.48 bits per heavy atom. The fourth-order valence-electron chi connectivity index (χ4n) is 7.49. The van der Waals surface area contributed by atoms with E-state index in [0.29, 0.717) is 37.1 Å². The fraction of sp³-hybridized carbons (Fsp3) is 0.478. The van der Waals surface area contributed by atoms with Crippen LogP contribution >= 0.6 is 0 Å². The minimum Gasteiger partial charge on any atom is -0.481 e. The summed E-state index contributed by atoms with van der Waals surface area (Å²) in [5.74, 6) is 1.31. The summed E-state index contributed by atoms with van der Waals surface area (Å²) >= 11 is 0. The summed E-state index contributed by atoms with van der Waals surface area (Å²) in [6.45, 7) is 6.55. The summed E-state index contributed by atoms with van der Waals surface area (Å²) in [6, 6.07) is 28.6. The van der Waals surface area contributed by atoms with Crippen molar-refractivity contribution < 1.29 is 28.5 Å². The number of benzene rings is 2. The van der Waals surface area contributed by atoms with E-state index in [4.69, 9.17) is 18.9 Å². The van der Waals surface area contributed by atoms with E-state index in [1.54, 1.807) is 36.4 Å². The Balaban J connectivity index is 0.000000177. The van der Waals surface area contributed by atoms with Gasteiger partial charge >= 0.3 is 12.2 Å². The lowest BCUT2D eigenvalue weighted by Gasteiger charge is -2.37. The minimum atomic E-state index is -0.266. The molecule has 3 aliphatic rings. The number of anilines is 2. The zero-order valence-corrected chi connectivity index (χ0v) is 36.0. The molecule has 3 saturated heterocycles. The first-order valence-electron chi connectivity index (χ1n) is 21.0. The highest BCUT2D eigenvalue weighted by molar-refractivity contribution is 5.68. The van der Waals surface area contributed by atoms with Crippen molar-refractivity contribution in [3.05, 3.63) is 108 Å². The number of pyridine rings is 2. The molecule has 0 spiro atoms. The average molecular weight is 825 g/mol. The fourth-order valence-corrected chi connectivity index (χ4v) is 7.49. The van der Waals surface area contributed by atoms with E-state index in [-0.39, 0.29) is 18.2 Å². The maximum atomic E-state index is 12.3. The molecule has 2 N–H and O–H groups in total. The molecule has 2 amide bonds. The van der Waals surface area contributed by atoms with Crippen molar-refractivity contribution in [3.8, 4) is 11.8 Å². The highest BCUT2D eigenvalue weighted by Crippen LogP contribution is 2.25. The Hall–Kier alpha value is -5.60. The van der Waals surface area contributed by atoms with E-state index in [2.05, 4.69) is 30.4 Å². The molecule has 3 aliphatic heterocycles. The van der Waals surface area contributed by atoms with E-state index in [1.165, 1.54) is 18.5 Å². The van der Waals surface area contributed by atoms with Crippen molar-refractivity contribution in [3.63, 3.8) is 0 Å². The molecule has 0 radical (unpaired) electrons. The number of ether oxygens (including phenoxy) is 4. The molecule has 0 aliphatic carbocycles. The normalized spacial score (nSPS) is 15.9. The quantitative estimate of drug-likeness (QED) is 0.169. The van der Waals surface area contributed by atoms with Gasteiger partial charge in [0.2, 0.25) is 11.8 Å². The molecule has 4 aromatic rings. The van der Waals surface area contributed by atoms with Crippen LogP contribution in [-0.4, -0.2) is 125 Å². The Kier molecular flexibility index (Phi) is 18.6. The maximum absolute atomic E-state index is 12.3. The van der Waals surface area contributed by atoms with Gasteiger partial charge in [-0.15, -0.1) is 0 Å². The largest absolute Gasteiger partial charge is 0.481 e. The number of methoxy groups -OCH3 is 2. The molecule has 0 bridgehead atoms. The lowest BCUT2D eigenvalue weighted by Crippen LogP contribution is -2.45. The van der Waals surface area contributed by atoms with E-state index in [0.717, 1.165) is 81.8 Å². The molecule has 0 unspecified atom stereocenters. The van der Waals surface area contributed by atoms with E-state index >= 15 is 0 Å². The number of nitrogens with zero attached hydrogens (tertiary/aromatic N) is 6. The van der Waals surface area contributed by atoms with Crippen LogP contribution in [0.1, 0.15) is 49.7 Å². The zero-order valence-electron chi connectivity index (χ0n) is 36.0. The summed E-state index contributed by atoms with van der Waals surface area (Å²) in [5, 5.41) is 6.62. The Bertz CT molecular complexity index is 1840. The number of carbonyl (C=O) groups is 2. The van der Waals surface area contributed by atoms with Gasteiger partial charge in [-0.05, 0) is 81.9 Å². The molecule has 3 fully saturated rings. The van der Waals surface area contributed by atoms with Crippen molar-refractivity contribution in [1.82, 2.24) is 30.4 Å². The van der Waals surface area contributed by atoms with Crippen molar-refractivity contribution in [2.75, 3.05) is 84.4 Å². The van der Waals surface area contributed by atoms with Crippen molar-refractivity contribution in [2.24, 2.45) is 0 Å². The van der Waals surface area contributed by atoms with Crippen LogP contribution < -0.4 is 29.9 Å². The summed E-state index contributed by atoms with van der Waals surface area (Å²) in [7, 11) is 8.95. The standard InChI is InChI=1S/C20H25N3O3.C14H20N2O2.C12H19N3O/c1-22(20(24)26-15-16-6-4-3-5-7-16)17-9-12-23(13-10-17)18-8-11-21-19(14-18)25-2;1-16(13-7-9-15-10-8-13)14(17)18-11-12-5-3-2-4-6-12;1-13-10-4-7-15(8-5-10)11-3-6-14-12(9-11)16-2/h3-8,11,14,17H,9-10,12-13,15H2,1-2H3;2-6,13,15H,7-11H2,1H3;3,6,9-10,13H,4-5,7-8H2,1-2H3. The summed E-state index contributed by atoms with van der Waals surface area (Å²) < 4.78 is 21.1. The van der Waals surface area contributed by atoms with Gasteiger partial charge in [0.25, 0.3) is 0 Å².